The molecule has 0 aliphatic rings. The van der Waals surface area contributed by atoms with Crippen LogP contribution >= 0.6 is 51.2 Å². The molecule has 6 heteroatoms. The summed E-state index contributed by atoms with van der Waals surface area (Å²) >= 11 is 5.09. The number of hydrogen-bond donors (Lipinski definition) is 2. The third-order valence-electron chi connectivity index (χ3n) is 1.86. The van der Waals surface area contributed by atoms with Crippen LogP contribution in [0.15, 0.2) is 20.9 Å². The summed E-state index contributed by atoms with van der Waals surface area (Å²) in [6, 6.07) is 2.06. The van der Waals surface area contributed by atoms with Gasteiger partial charge < -0.3 is 11.1 Å². The molecule has 0 fully saturated rings. The van der Waals surface area contributed by atoms with Gasteiger partial charge in [-0.15, -0.1) is 35.3 Å². The summed E-state index contributed by atoms with van der Waals surface area (Å²) in [6.45, 7) is 3.71. The maximum Gasteiger partial charge on any atom is 0.188 e. The predicted octanol–water partition coefficient (Wildman–Crippen LogP) is 3.33. The van der Waals surface area contributed by atoms with Crippen LogP contribution in [0.1, 0.15) is 24.6 Å². The second-order valence-electron chi connectivity index (χ2n) is 3.21. The molecule has 0 bridgehead atoms. The van der Waals surface area contributed by atoms with E-state index in [9.17, 15) is 0 Å². The van der Waals surface area contributed by atoms with Crippen molar-refractivity contribution in [3.8, 4) is 0 Å². The number of thiophene rings is 1. The Morgan fingerprint density at radius 3 is 2.94 bits per heavy atom. The van der Waals surface area contributed by atoms with Crippen molar-refractivity contribution in [1.29, 1.82) is 0 Å². The standard InChI is InChI=1S/C10H16BrN3S.HI/c1-2-3-4-13-10(12)14-6-9-5-8(11)7-15-9;/h5,7H,2-4,6H2,1H3,(H3,12,13,14);1H. The summed E-state index contributed by atoms with van der Waals surface area (Å²) in [5.41, 5.74) is 5.70. The smallest absolute Gasteiger partial charge is 0.188 e. The predicted molar refractivity (Wildman–Crippen MR) is 85.7 cm³/mol. The number of nitrogens with one attached hydrogen (secondary N) is 1. The van der Waals surface area contributed by atoms with Gasteiger partial charge in [-0.05, 0) is 28.4 Å². The number of rotatable bonds is 5. The van der Waals surface area contributed by atoms with Crippen LogP contribution in [0.4, 0.5) is 0 Å². The van der Waals surface area contributed by atoms with Crippen molar-refractivity contribution in [2.45, 2.75) is 26.3 Å². The van der Waals surface area contributed by atoms with E-state index >= 15 is 0 Å². The molecule has 92 valence electrons. The lowest BCUT2D eigenvalue weighted by Crippen LogP contribution is -2.32. The van der Waals surface area contributed by atoms with Crippen LogP contribution in [0.5, 0.6) is 0 Å². The van der Waals surface area contributed by atoms with Crippen LogP contribution in [0.3, 0.4) is 0 Å². The number of guanidine groups is 1. The minimum atomic E-state index is 0. The van der Waals surface area contributed by atoms with E-state index < -0.39 is 0 Å². The topological polar surface area (TPSA) is 50.4 Å². The fourth-order valence-electron chi connectivity index (χ4n) is 1.05. The minimum absolute atomic E-state index is 0. The van der Waals surface area contributed by atoms with E-state index in [0.717, 1.165) is 23.9 Å². The number of aliphatic imine (C=N–C) groups is 1. The van der Waals surface area contributed by atoms with Crippen molar-refractivity contribution in [2.75, 3.05) is 6.54 Å². The van der Waals surface area contributed by atoms with E-state index in [1.807, 2.05) is 5.38 Å². The molecular weight excluding hydrogens is 401 g/mol. The van der Waals surface area contributed by atoms with E-state index in [2.05, 4.69) is 39.2 Å². The highest BCUT2D eigenvalue weighted by molar-refractivity contribution is 14.0. The van der Waals surface area contributed by atoms with Crippen molar-refractivity contribution in [3.05, 3.63) is 20.8 Å². The zero-order valence-electron chi connectivity index (χ0n) is 9.20. The lowest BCUT2D eigenvalue weighted by molar-refractivity contribution is 0.748. The Morgan fingerprint density at radius 1 is 1.62 bits per heavy atom. The second kappa shape index (κ2) is 9.23. The van der Waals surface area contributed by atoms with Gasteiger partial charge in [-0.3, -0.25) is 0 Å². The molecule has 0 saturated carbocycles. The highest BCUT2D eigenvalue weighted by Gasteiger charge is 1.96. The van der Waals surface area contributed by atoms with Gasteiger partial charge in [0.05, 0.1) is 6.54 Å². The molecule has 0 aromatic carbocycles. The fraction of sp³-hybridized carbons (Fsp3) is 0.500. The molecule has 3 N–H and O–H groups in total. The van der Waals surface area contributed by atoms with Crippen LogP contribution < -0.4 is 11.1 Å². The van der Waals surface area contributed by atoms with Crippen molar-refractivity contribution < 1.29 is 0 Å². The summed E-state index contributed by atoms with van der Waals surface area (Å²) in [6.07, 6.45) is 2.29. The van der Waals surface area contributed by atoms with Gasteiger partial charge in [0, 0.05) is 21.3 Å². The number of unbranched alkanes of at least 4 members (excludes halogenated alkanes) is 1. The molecule has 0 spiro atoms. The molecule has 0 atom stereocenters. The molecule has 0 aliphatic heterocycles. The number of nitrogens with zero attached hydrogens (tertiary/aromatic N) is 1. The van der Waals surface area contributed by atoms with Gasteiger partial charge >= 0.3 is 0 Å². The number of hydrogen-bond acceptors (Lipinski definition) is 2. The quantitative estimate of drug-likeness (QED) is 0.334. The van der Waals surface area contributed by atoms with Crippen LogP contribution in [-0.2, 0) is 6.54 Å². The molecule has 1 rings (SSSR count). The van der Waals surface area contributed by atoms with Crippen molar-refractivity contribution in [2.24, 2.45) is 10.7 Å². The summed E-state index contributed by atoms with van der Waals surface area (Å²) in [5, 5.41) is 5.13. The normalized spacial score (nSPS) is 11.0. The van der Waals surface area contributed by atoms with Crippen LogP contribution in [0, 0.1) is 0 Å². The third kappa shape index (κ3) is 6.70. The third-order valence-corrected chi connectivity index (χ3v) is 3.55. The maximum atomic E-state index is 5.70. The van der Waals surface area contributed by atoms with Gasteiger partial charge in [0.25, 0.3) is 0 Å². The first-order chi connectivity index (χ1) is 7.22. The summed E-state index contributed by atoms with van der Waals surface area (Å²) in [4.78, 5) is 5.46. The van der Waals surface area contributed by atoms with Crippen LogP contribution in [-0.4, -0.2) is 12.5 Å². The number of halogens is 2. The largest absolute Gasteiger partial charge is 0.370 e. The van der Waals surface area contributed by atoms with Gasteiger partial charge in [-0.25, -0.2) is 4.99 Å². The Labute approximate surface area is 126 Å². The first-order valence-electron chi connectivity index (χ1n) is 4.99. The van der Waals surface area contributed by atoms with Crippen molar-refractivity contribution in [3.63, 3.8) is 0 Å². The Kier molecular flexibility index (Phi) is 9.34. The molecule has 3 nitrogen and oxygen atoms in total. The number of nitrogens with two attached hydrogens (primary N) is 1. The summed E-state index contributed by atoms with van der Waals surface area (Å²) in [5.74, 6) is 0.535. The molecule has 16 heavy (non-hydrogen) atoms. The summed E-state index contributed by atoms with van der Waals surface area (Å²) in [7, 11) is 0. The molecule has 1 heterocycles. The highest BCUT2D eigenvalue weighted by atomic mass is 127. The van der Waals surface area contributed by atoms with Gasteiger partial charge in [-0.2, -0.15) is 0 Å². The van der Waals surface area contributed by atoms with Gasteiger partial charge in [-0.1, -0.05) is 13.3 Å². The Bertz CT molecular complexity index is 328. The van der Waals surface area contributed by atoms with Gasteiger partial charge in [0.15, 0.2) is 5.96 Å². The Balaban J connectivity index is 0.00000225. The van der Waals surface area contributed by atoms with E-state index in [1.54, 1.807) is 11.3 Å². The lowest BCUT2D eigenvalue weighted by atomic mass is 10.3. The molecule has 0 radical (unpaired) electrons. The maximum absolute atomic E-state index is 5.70. The highest BCUT2D eigenvalue weighted by Crippen LogP contribution is 2.20. The molecule has 0 aliphatic carbocycles. The van der Waals surface area contributed by atoms with Crippen molar-refractivity contribution in [1.82, 2.24) is 5.32 Å². The van der Waals surface area contributed by atoms with Crippen molar-refractivity contribution >= 4 is 57.2 Å². The molecular formula is C10H17BrIN3S. The minimum Gasteiger partial charge on any atom is -0.370 e. The fourth-order valence-corrected chi connectivity index (χ4v) is 2.42. The molecule has 1 aromatic rings. The first kappa shape index (κ1) is 16.2. The van der Waals surface area contributed by atoms with E-state index in [1.165, 1.54) is 4.88 Å². The second-order valence-corrected chi connectivity index (χ2v) is 5.12. The van der Waals surface area contributed by atoms with Gasteiger partial charge in [0.1, 0.15) is 0 Å². The Hall–Kier alpha value is 0.180. The lowest BCUT2D eigenvalue weighted by Gasteiger charge is -2.03. The monoisotopic (exact) mass is 417 g/mol. The average Bonchev–Trinajstić information content (AvgIpc) is 2.62. The van der Waals surface area contributed by atoms with Crippen LogP contribution in [0.25, 0.3) is 0 Å². The SMILES string of the molecule is CCCCNC(N)=NCc1cc(Br)cs1.I. The Morgan fingerprint density at radius 2 is 2.38 bits per heavy atom. The first-order valence-corrected chi connectivity index (χ1v) is 6.66. The summed E-state index contributed by atoms with van der Waals surface area (Å²) < 4.78 is 1.11. The molecule has 0 amide bonds. The molecule has 1 aromatic heterocycles. The van der Waals surface area contributed by atoms with E-state index in [-0.39, 0.29) is 24.0 Å². The molecule has 0 saturated heterocycles. The zero-order chi connectivity index (χ0) is 11.1. The van der Waals surface area contributed by atoms with Crippen LogP contribution in [0.2, 0.25) is 0 Å². The van der Waals surface area contributed by atoms with E-state index in [4.69, 9.17) is 5.73 Å². The molecule has 0 unspecified atom stereocenters. The zero-order valence-corrected chi connectivity index (χ0v) is 13.9. The van der Waals surface area contributed by atoms with Gasteiger partial charge in [0.2, 0.25) is 0 Å². The average molecular weight is 418 g/mol. The van der Waals surface area contributed by atoms with E-state index in [0.29, 0.717) is 12.5 Å².